The van der Waals surface area contributed by atoms with Gasteiger partial charge in [-0.25, -0.2) is 4.79 Å². The molecule has 9 amide bonds. The summed E-state index contributed by atoms with van der Waals surface area (Å²) in [4.78, 5) is 156. The molecule has 10 atom stereocenters. The molecular formula is C52H97N17O13. The van der Waals surface area contributed by atoms with Crippen molar-refractivity contribution in [2.45, 2.75) is 212 Å². The van der Waals surface area contributed by atoms with Gasteiger partial charge in [-0.05, 0) is 94.9 Å². The average molecular weight is 1170 g/mol. The zero-order valence-electron chi connectivity index (χ0n) is 48.9. The van der Waals surface area contributed by atoms with Crippen LogP contribution in [0.25, 0.3) is 0 Å². The molecule has 0 aliphatic rings. The molecule has 0 aliphatic heterocycles. The van der Waals surface area contributed by atoms with Crippen LogP contribution in [0.3, 0.4) is 0 Å². The predicted molar refractivity (Wildman–Crippen MR) is 307 cm³/mol. The number of carbonyl (C=O) groups is 11. The molecule has 468 valence electrons. The lowest BCUT2D eigenvalue weighted by Gasteiger charge is -2.30. The number of hydrogen-bond acceptors (Lipinski definition) is 15. The largest absolute Gasteiger partial charge is 0.481 e. The quantitative estimate of drug-likeness (QED) is 0.0164. The number of hydrogen-bond donors (Lipinski definition) is 17. The van der Waals surface area contributed by atoms with Crippen molar-refractivity contribution in [3.8, 4) is 0 Å². The Hall–Kier alpha value is -7.37. The third-order valence-corrected chi connectivity index (χ3v) is 13.0. The van der Waals surface area contributed by atoms with Gasteiger partial charge in [0, 0.05) is 19.5 Å². The first-order valence-electron chi connectivity index (χ1n) is 28.2. The fourth-order valence-corrected chi connectivity index (χ4v) is 8.22. The smallest absolute Gasteiger partial charge is 0.326 e. The first kappa shape index (κ1) is 74.6. The molecule has 0 unspecified atom stereocenters. The Morgan fingerprint density at radius 2 is 0.854 bits per heavy atom. The number of carbonyl (C=O) groups excluding carboxylic acids is 9. The average Bonchev–Trinajstić information content (AvgIpc) is 3.39. The van der Waals surface area contributed by atoms with E-state index >= 15 is 0 Å². The van der Waals surface area contributed by atoms with Crippen LogP contribution in [0.15, 0.2) is 9.98 Å². The van der Waals surface area contributed by atoms with Crippen molar-refractivity contribution in [2.24, 2.45) is 67.9 Å². The number of amides is 9. The Balaban J connectivity index is 6.83. The van der Waals surface area contributed by atoms with Crippen LogP contribution in [0.5, 0.6) is 0 Å². The van der Waals surface area contributed by atoms with Crippen LogP contribution < -0.4 is 82.7 Å². The number of nitrogens with zero attached hydrogens (tertiary/aromatic N) is 2. The van der Waals surface area contributed by atoms with Crippen LogP contribution in [-0.4, -0.2) is 161 Å². The van der Waals surface area contributed by atoms with E-state index in [9.17, 15) is 63.0 Å². The molecule has 0 aliphatic carbocycles. The molecule has 0 saturated heterocycles. The maximum atomic E-state index is 14.3. The topological polar surface area (TPSA) is 531 Å². The van der Waals surface area contributed by atoms with Crippen LogP contribution >= 0.6 is 0 Å². The lowest BCUT2D eigenvalue weighted by Crippen LogP contribution is -2.61. The van der Waals surface area contributed by atoms with Crippen molar-refractivity contribution in [1.29, 1.82) is 0 Å². The van der Waals surface area contributed by atoms with Gasteiger partial charge in [-0.3, -0.25) is 57.9 Å². The number of aliphatic carboxylic acids is 2. The minimum atomic E-state index is -1.91. The lowest BCUT2D eigenvalue weighted by atomic mass is 9.96. The molecule has 0 heterocycles. The molecule has 0 bridgehead atoms. The molecule has 0 saturated carbocycles. The number of unbranched alkanes of at least 4 members (excludes halogenated alkanes) is 3. The van der Waals surface area contributed by atoms with E-state index in [1.807, 2.05) is 20.8 Å². The Kier molecular flexibility index (Phi) is 37.1. The minimum absolute atomic E-state index is 0.00608. The van der Waals surface area contributed by atoms with Crippen molar-refractivity contribution in [2.75, 3.05) is 19.6 Å². The van der Waals surface area contributed by atoms with Gasteiger partial charge < -0.3 is 92.9 Å². The molecule has 30 nitrogen and oxygen atoms in total. The summed E-state index contributed by atoms with van der Waals surface area (Å²) in [5.74, 6) is -12.2. The summed E-state index contributed by atoms with van der Waals surface area (Å²) in [6.07, 6.45) is 1.79. The highest BCUT2D eigenvalue weighted by Crippen LogP contribution is 2.15. The Bertz CT molecular complexity index is 2140. The number of nitrogens with one attached hydrogen (secondary N) is 8. The molecule has 30 heteroatoms. The minimum Gasteiger partial charge on any atom is -0.481 e. The summed E-state index contributed by atoms with van der Waals surface area (Å²) in [5.41, 5.74) is 38.7. The van der Waals surface area contributed by atoms with E-state index in [4.69, 9.17) is 40.1 Å². The Labute approximate surface area is 480 Å². The van der Waals surface area contributed by atoms with Crippen molar-refractivity contribution in [1.82, 2.24) is 42.5 Å². The van der Waals surface area contributed by atoms with E-state index in [0.29, 0.717) is 51.5 Å². The fourth-order valence-electron chi connectivity index (χ4n) is 8.22. The summed E-state index contributed by atoms with van der Waals surface area (Å²) in [6, 6.07) is -12.4. The van der Waals surface area contributed by atoms with Gasteiger partial charge in [0.2, 0.25) is 53.2 Å². The highest BCUT2D eigenvalue weighted by molar-refractivity contribution is 5.99. The van der Waals surface area contributed by atoms with Crippen LogP contribution in [0.4, 0.5) is 0 Å². The standard InChI is InChI=1S/C52H97N17O13/c1-8-10-17-32(43(74)62-33(19-15-24-61-52(58)59)44(75)65-35(50(81)82)18-12-14-23-60-51(56)57)64-49(80)41(30(7)9-2)69-48(79)38(27-40(71)72)68-45(76)34(20-21-39(55)70)63-46(77)37(26-29(5)6)67-47(78)36(25-28(3)4)66-42(73)31(54)16-11-13-22-53/h28-38,41H,8-27,53-54H2,1-7H3,(H2,55,70)(H,62,74)(H,63,77)(H,64,80)(H,65,75)(H,66,73)(H,67,78)(H,68,76)(H,69,79)(H,71,72)(H,81,82)(H4,56,57,60)(H4,58,59,61)/t30-,31-,32-,33+,34-,35-,36-,37-,38-,41-/m0/s1. The summed E-state index contributed by atoms with van der Waals surface area (Å²) < 4.78 is 0. The van der Waals surface area contributed by atoms with E-state index in [1.165, 1.54) is 0 Å². The van der Waals surface area contributed by atoms with Gasteiger partial charge >= 0.3 is 11.9 Å². The van der Waals surface area contributed by atoms with E-state index in [0.717, 1.165) is 0 Å². The number of carboxylic acid groups (broad SMARTS) is 2. The first-order chi connectivity index (χ1) is 38.5. The maximum Gasteiger partial charge on any atom is 0.326 e. The molecule has 0 spiro atoms. The number of rotatable bonds is 44. The van der Waals surface area contributed by atoms with Crippen molar-refractivity contribution in [3.05, 3.63) is 0 Å². The van der Waals surface area contributed by atoms with Gasteiger partial charge in [0.15, 0.2) is 11.9 Å². The normalized spacial score (nSPS) is 14.8. The molecule has 0 radical (unpaired) electrons. The van der Waals surface area contributed by atoms with Crippen molar-refractivity contribution in [3.63, 3.8) is 0 Å². The van der Waals surface area contributed by atoms with Gasteiger partial charge in [-0.1, -0.05) is 74.1 Å². The second kappa shape index (κ2) is 40.7. The number of nitrogens with two attached hydrogens (primary N) is 7. The van der Waals surface area contributed by atoms with Gasteiger partial charge in [0.05, 0.1) is 12.5 Å². The first-order valence-corrected chi connectivity index (χ1v) is 28.2. The number of aliphatic imine (C=N–C) groups is 2. The van der Waals surface area contributed by atoms with Crippen molar-refractivity contribution < 1.29 is 63.0 Å². The Morgan fingerprint density at radius 1 is 0.451 bits per heavy atom. The molecule has 0 aromatic rings. The van der Waals surface area contributed by atoms with Gasteiger partial charge in [-0.2, -0.15) is 0 Å². The lowest BCUT2D eigenvalue weighted by molar-refractivity contribution is -0.143. The third kappa shape index (κ3) is 32.2. The molecule has 0 rings (SSSR count). The third-order valence-electron chi connectivity index (χ3n) is 13.0. The SMILES string of the molecule is CCCC[C@H](NC(=O)[C@@H](NC(=O)[C@H](CC(=O)O)NC(=O)[C@H](CCC(N)=O)NC(=O)[C@H](CC(C)C)NC(=O)[C@H](CC(C)C)NC(=O)[C@@H](N)CCCCN)[C@@H](C)CC)C(=O)N[C@H](CCCN=C(N)N)C(=O)N[C@@H](CCCCN=C(N)N)C(=O)O. The summed E-state index contributed by atoms with van der Waals surface area (Å²) in [7, 11) is 0. The van der Waals surface area contributed by atoms with E-state index in [2.05, 4.69) is 52.5 Å². The van der Waals surface area contributed by atoms with Crippen LogP contribution in [0.2, 0.25) is 0 Å². The monoisotopic (exact) mass is 1170 g/mol. The fraction of sp³-hybridized carbons (Fsp3) is 0.750. The second-order valence-electron chi connectivity index (χ2n) is 21.3. The predicted octanol–water partition coefficient (Wildman–Crippen LogP) is -3.03. The van der Waals surface area contributed by atoms with Crippen LogP contribution in [0, 0.1) is 17.8 Å². The number of primary amides is 1. The van der Waals surface area contributed by atoms with Gasteiger partial charge in [-0.15, -0.1) is 0 Å². The molecule has 0 fully saturated rings. The highest BCUT2D eigenvalue weighted by atomic mass is 16.4. The second-order valence-corrected chi connectivity index (χ2v) is 21.3. The van der Waals surface area contributed by atoms with E-state index in [1.54, 1.807) is 27.7 Å². The molecular weight excluding hydrogens is 1070 g/mol. The summed E-state index contributed by atoms with van der Waals surface area (Å²) in [5, 5.41) is 40.3. The Morgan fingerprint density at radius 3 is 1.30 bits per heavy atom. The molecule has 0 aromatic carbocycles. The zero-order chi connectivity index (χ0) is 62.6. The summed E-state index contributed by atoms with van der Waals surface area (Å²) in [6.45, 7) is 13.0. The number of carboxylic acids is 2. The zero-order valence-corrected chi connectivity index (χ0v) is 48.9. The number of guanidine groups is 2. The van der Waals surface area contributed by atoms with Crippen LogP contribution in [0.1, 0.15) is 158 Å². The van der Waals surface area contributed by atoms with Crippen LogP contribution in [-0.2, 0) is 52.7 Å². The van der Waals surface area contributed by atoms with Gasteiger partial charge in [0.1, 0.15) is 48.3 Å². The van der Waals surface area contributed by atoms with Crippen molar-refractivity contribution >= 4 is 77.0 Å². The molecule has 0 aromatic heterocycles. The van der Waals surface area contributed by atoms with E-state index < -0.39 is 145 Å². The molecule has 82 heavy (non-hydrogen) atoms. The summed E-state index contributed by atoms with van der Waals surface area (Å²) >= 11 is 0. The maximum absolute atomic E-state index is 14.3. The highest BCUT2D eigenvalue weighted by Gasteiger charge is 2.37. The van der Waals surface area contributed by atoms with E-state index in [-0.39, 0.29) is 81.8 Å². The van der Waals surface area contributed by atoms with Gasteiger partial charge in [0.25, 0.3) is 0 Å². The molecule has 24 N–H and O–H groups in total.